The molecule has 2 nitrogen and oxygen atoms in total. The first-order chi connectivity index (χ1) is 11.0. The average molecular weight is 341 g/mol. The van der Waals surface area contributed by atoms with Crippen LogP contribution in [0.4, 0.5) is 0 Å². The molecule has 2 rings (SSSR count). The van der Waals surface area contributed by atoms with Crippen LogP contribution in [0.1, 0.15) is 83.5 Å². The predicted molar refractivity (Wildman–Crippen MR) is 105 cm³/mol. The van der Waals surface area contributed by atoms with E-state index in [9.17, 15) is 0 Å². The van der Waals surface area contributed by atoms with E-state index in [1.165, 1.54) is 96.6 Å². The first-order valence-electron chi connectivity index (χ1n) is 9.84. The fourth-order valence-corrected chi connectivity index (χ4v) is 3.79. The monoisotopic (exact) mass is 340 g/mol. The van der Waals surface area contributed by atoms with Crippen LogP contribution in [0, 0.1) is 0 Å². The highest BCUT2D eigenvalue weighted by atomic mass is 35.5. The van der Waals surface area contributed by atoms with Crippen LogP contribution in [-0.4, -0.2) is 36.8 Å². The number of hydrogen-bond donors (Lipinski definition) is 0. The molecule has 1 heterocycles. The minimum atomic E-state index is 0. The lowest BCUT2D eigenvalue weighted by Gasteiger charge is -2.32. The smallest absolute Gasteiger partial charge is 0.0397 e. The maximum Gasteiger partial charge on any atom is 0.0397 e. The topological polar surface area (TPSA) is 15.6 Å². The third kappa shape index (κ3) is 9.52. The summed E-state index contributed by atoms with van der Waals surface area (Å²) in [5, 5.41) is 0. The number of rotatable bonds is 1. The van der Waals surface area contributed by atoms with Crippen molar-refractivity contribution in [3.8, 4) is 0 Å². The fourth-order valence-electron chi connectivity index (χ4n) is 3.79. The van der Waals surface area contributed by atoms with E-state index in [0.717, 1.165) is 12.6 Å². The molecule has 0 fully saturated rings. The van der Waals surface area contributed by atoms with Gasteiger partial charge in [-0.15, -0.1) is 12.4 Å². The van der Waals surface area contributed by atoms with E-state index in [0.29, 0.717) is 0 Å². The maximum atomic E-state index is 4.57. The summed E-state index contributed by atoms with van der Waals surface area (Å²) in [6, 6.07) is 0.830. The van der Waals surface area contributed by atoms with Gasteiger partial charge < -0.3 is 4.90 Å². The molecule has 1 aliphatic carbocycles. The Morgan fingerprint density at radius 2 is 1.39 bits per heavy atom. The normalized spacial score (nSPS) is 26.5. The maximum absolute atomic E-state index is 4.57. The average Bonchev–Trinajstić information content (AvgIpc) is 2.64. The second-order valence-corrected chi connectivity index (χ2v) is 7.02. The van der Waals surface area contributed by atoms with Crippen LogP contribution in [0.3, 0.4) is 0 Å². The van der Waals surface area contributed by atoms with Crippen LogP contribution in [0.2, 0.25) is 0 Å². The van der Waals surface area contributed by atoms with E-state index in [2.05, 4.69) is 28.3 Å². The molecular weight excluding hydrogens is 304 g/mol. The van der Waals surface area contributed by atoms with E-state index < -0.39 is 0 Å². The molecule has 0 saturated carbocycles. The van der Waals surface area contributed by atoms with Gasteiger partial charge in [0, 0.05) is 19.1 Å². The molecular formula is C20H37ClN2. The quantitative estimate of drug-likeness (QED) is 0.550. The van der Waals surface area contributed by atoms with Crippen LogP contribution in [0.15, 0.2) is 17.1 Å². The Kier molecular flexibility index (Phi) is 12.6. The van der Waals surface area contributed by atoms with Gasteiger partial charge >= 0.3 is 0 Å². The fraction of sp³-hybridized carbons (Fsp3) is 0.850. The van der Waals surface area contributed by atoms with E-state index >= 15 is 0 Å². The van der Waals surface area contributed by atoms with Gasteiger partial charge in [0.2, 0.25) is 0 Å². The third-order valence-corrected chi connectivity index (χ3v) is 5.14. The van der Waals surface area contributed by atoms with Gasteiger partial charge in [-0.25, -0.2) is 0 Å². The van der Waals surface area contributed by atoms with Crippen molar-refractivity contribution >= 4 is 18.6 Å². The summed E-state index contributed by atoms with van der Waals surface area (Å²) < 4.78 is 0. The molecule has 0 bridgehead atoms. The van der Waals surface area contributed by atoms with Gasteiger partial charge in [0.25, 0.3) is 0 Å². The zero-order valence-electron chi connectivity index (χ0n) is 14.9. The highest BCUT2D eigenvalue weighted by molar-refractivity contribution is 5.85. The Morgan fingerprint density at radius 1 is 0.696 bits per heavy atom. The Labute approximate surface area is 150 Å². The van der Waals surface area contributed by atoms with Gasteiger partial charge in [-0.2, -0.15) is 0 Å². The lowest BCUT2D eigenvalue weighted by atomic mass is 10.00. The summed E-state index contributed by atoms with van der Waals surface area (Å²) in [7, 11) is 0. The molecule has 0 aromatic carbocycles. The number of nitrogens with zero attached hydrogens (tertiary/aromatic N) is 2. The zero-order chi connectivity index (χ0) is 15.3. The Bertz CT molecular complexity index is 296. The van der Waals surface area contributed by atoms with Gasteiger partial charge in [-0.1, -0.05) is 31.4 Å². The second-order valence-electron chi connectivity index (χ2n) is 7.02. The molecule has 0 radical (unpaired) electrons. The molecule has 0 aromatic heterocycles. The number of hydrogen-bond acceptors (Lipinski definition) is 2. The largest absolute Gasteiger partial charge is 0.300 e. The predicted octanol–water partition coefficient (Wildman–Crippen LogP) is 5.80. The van der Waals surface area contributed by atoms with E-state index in [1.54, 1.807) is 0 Å². The Hall–Kier alpha value is -0.340. The molecule has 0 saturated heterocycles. The van der Waals surface area contributed by atoms with Crippen molar-refractivity contribution in [2.24, 2.45) is 4.99 Å². The number of halogens is 1. The Balaban J connectivity index is 0.00000264. The van der Waals surface area contributed by atoms with Crippen LogP contribution < -0.4 is 0 Å². The molecule has 1 unspecified atom stereocenters. The van der Waals surface area contributed by atoms with Crippen molar-refractivity contribution in [3.05, 3.63) is 12.2 Å². The molecule has 134 valence electrons. The molecule has 3 heteroatoms. The van der Waals surface area contributed by atoms with Gasteiger partial charge in [0.05, 0.1) is 0 Å². The lowest BCUT2D eigenvalue weighted by Crippen LogP contribution is -2.37. The first kappa shape index (κ1) is 20.7. The molecule has 0 aromatic rings. The lowest BCUT2D eigenvalue weighted by molar-refractivity contribution is 0.167. The second kappa shape index (κ2) is 14.0. The standard InChI is InChI=1S/C20H36N2.ClH/c1-2-4-6-10-15-20(14-9-5-3-1)22-18-12-8-7-11-16-21-17-13-19-22;/h1,3,16,20H,2,4-15,17-19H2;1H. The molecule has 1 atom stereocenters. The van der Waals surface area contributed by atoms with Gasteiger partial charge in [-0.3, -0.25) is 4.99 Å². The highest BCUT2D eigenvalue weighted by Crippen LogP contribution is 2.20. The van der Waals surface area contributed by atoms with Crippen LogP contribution in [-0.2, 0) is 0 Å². The number of allylic oxidation sites excluding steroid dienone is 2. The summed E-state index contributed by atoms with van der Waals surface area (Å²) in [5.74, 6) is 0. The minimum Gasteiger partial charge on any atom is -0.300 e. The van der Waals surface area contributed by atoms with E-state index in [4.69, 9.17) is 0 Å². The SMILES string of the molecule is C1=CCCCC(N2CCCCCC=NCCC2)CCCCC1.Cl. The molecule has 1 aliphatic heterocycles. The minimum absolute atomic E-state index is 0. The van der Waals surface area contributed by atoms with Gasteiger partial charge in [-0.05, 0) is 77.0 Å². The summed E-state index contributed by atoms with van der Waals surface area (Å²) in [6.07, 6.45) is 24.5. The van der Waals surface area contributed by atoms with Gasteiger partial charge in [0.15, 0.2) is 0 Å². The summed E-state index contributed by atoms with van der Waals surface area (Å²) in [5.41, 5.74) is 0. The molecule has 0 N–H and O–H groups in total. The van der Waals surface area contributed by atoms with E-state index in [-0.39, 0.29) is 12.4 Å². The van der Waals surface area contributed by atoms with E-state index in [1.807, 2.05) is 0 Å². The highest BCUT2D eigenvalue weighted by Gasteiger charge is 2.17. The van der Waals surface area contributed by atoms with Crippen molar-refractivity contribution in [2.75, 3.05) is 19.6 Å². The summed E-state index contributed by atoms with van der Waals surface area (Å²) in [6.45, 7) is 3.62. The van der Waals surface area contributed by atoms with Crippen LogP contribution in [0.25, 0.3) is 0 Å². The van der Waals surface area contributed by atoms with Crippen LogP contribution >= 0.6 is 12.4 Å². The van der Waals surface area contributed by atoms with Gasteiger partial charge in [0.1, 0.15) is 0 Å². The molecule has 23 heavy (non-hydrogen) atoms. The van der Waals surface area contributed by atoms with Crippen LogP contribution in [0.5, 0.6) is 0 Å². The summed E-state index contributed by atoms with van der Waals surface area (Å²) >= 11 is 0. The zero-order valence-corrected chi connectivity index (χ0v) is 15.7. The van der Waals surface area contributed by atoms with Crippen molar-refractivity contribution in [1.82, 2.24) is 4.90 Å². The third-order valence-electron chi connectivity index (χ3n) is 5.14. The number of aliphatic imine (C=N–C) groups is 1. The summed E-state index contributed by atoms with van der Waals surface area (Å²) in [4.78, 5) is 7.39. The van der Waals surface area contributed by atoms with Crippen molar-refractivity contribution < 1.29 is 0 Å². The van der Waals surface area contributed by atoms with Crippen molar-refractivity contribution in [3.63, 3.8) is 0 Å². The molecule has 0 spiro atoms. The Morgan fingerprint density at radius 3 is 2.30 bits per heavy atom. The first-order valence-corrected chi connectivity index (χ1v) is 9.84. The van der Waals surface area contributed by atoms with Crippen molar-refractivity contribution in [1.29, 1.82) is 0 Å². The van der Waals surface area contributed by atoms with Crippen molar-refractivity contribution in [2.45, 2.75) is 89.5 Å². The molecule has 0 amide bonds. The molecule has 2 aliphatic rings.